The van der Waals surface area contributed by atoms with Crippen molar-refractivity contribution in [2.75, 3.05) is 0 Å². The van der Waals surface area contributed by atoms with Gasteiger partial charge in [-0.15, -0.1) is 0 Å². The van der Waals surface area contributed by atoms with Gasteiger partial charge in [0, 0.05) is 5.41 Å². The number of carbonyl (C=O) groups is 4. The summed E-state index contributed by atoms with van der Waals surface area (Å²) in [6.45, 7) is 0. The molecule has 0 saturated carbocycles. The summed E-state index contributed by atoms with van der Waals surface area (Å²) in [4.78, 5) is 47.9. The van der Waals surface area contributed by atoms with E-state index in [9.17, 15) is 19.2 Å². The van der Waals surface area contributed by atoms with Crippen LogP contribution in [0, 0.1) is 5.41 Å². The molecule has 0 aliphatic rings. The summed E-state index contributed by atoms with van der Waals surface area (Å²) in [5.41, 5.74) is 7.66. The Morgan fingerprint density at radius 2 is 1.17 bits per heavy atom. The average molecular weight is 363 g/mol. The van der Waals surface area contributed by atoms with Crippen LogP contribution in [0.2, 0.25) is 0 Å². The van der Waals surface area contributed by atoms with E-state index in [-0.39, 0.29) is 37.7 Å². The summed E-state index contributed by atoms with van der Waals surface area (Å²) in [7, 11) is 0. The topological polar surface area (TPSA) is 216 Å². The molecular formula is C11H21CaN3O8. The monoisotopic (exact) mass is 363 g/mol. The minimum absolute atomic E-state index is 0. The number of carbonyl (C=O) groups excluding carboxylic acids is 1. The van der Waals surface area contributed by atoms with Crippen LogP contribution in [0.15, 0.2) is 0 Å². The van der Waals surface area contributed by atoms with Crippen molar-refractivity contribution in [2.24, 2.45) is 22.8 Å². The zero-order valence-corrected chi connectivity index (χ0v) is 11.7. The fraction of sp³-hybridized carbons (Fsp3) is 0.636. The Hall–Kier alpha value is -0.980. The van der Waals surface area contributed by atoms with E-state index in [1.165, 1.54) is 0 Å². The molecular weight excluding hydrogens is 342 g/mol. The molecule has 0 saturated heterocycles. The van der Waals surface area contributed by atoms with E-state index in [0.29, 0.717) is 0 Å². The second-order valence-corrected chi connectivity index (χ2v) is 5.29. The molecule has 9 N–H and O–H groups in total. The van der Waals surface area contributed by atoms with E-state index in [1.807, 2.05) is 0 Å². The van der Waals surface area contributed by atoms with Gasteiger partial charge in [0.15, 0.2) is 0 Å². The molecule has 11 nitrogen and oxygen atoms in total. The van der Waals surface area contributed by atoms with Crippen molar-refractivity contribution in [2.45, 2.75) is 37.8 Å². The van der Waals surface area contributed by atoms with E-state index in [2.05, 4.69) is 10.7 Å². The van der Waals surface area contributed by atoms with Gasteiger partial charge in [-0.2, -0.15) is 5.90 Å². The van der Waals surface area contributed by atoms with Crippen molar-refractivity contribution in [3.63, 3.8) is 0 Å². The molecule has 0 aliphatic carbocycles. The predicted octanol–water partition coefficient (Wildman–Crippen LogP) is -2.71. The summed E-state index contributed by atoms with van der Waals surface area (Å²) in [5, 5.41) is 26.8. The van der Waals surface area contributed by atoms with Gasteiger partial charge in [-0.05, 0) is 6.42 Å². The van der Waals surface area contributed by atoms with Gasteiger partial charge in [0.1, 0.15) is 0 Å². The molecule has 0 unspecified atom stereocenters. The van der Waals surface area contributed by atoms with Crippen molar-refractivity contribution in [1.82, 2.24) is 0 Å². The van der Waals surface area contributed by atoms with Crippen molar-refractivity contribution < 1.29 is 39.3 Å². The second-order valence-electron chi connectivity index (χ2n) is 5.29. The summed E-state index contributed by atoms with van der Waals surface area (Å²) < 4.78 is 0. The first-order valence-corrected chi connectivity index (χ1v) is 6.04. The van der Waals surface area contributed by atoms with Gasteiger partial charge in [-0.25, -0.2) is 0 Å². The zero-order valence-electron chi connectivity index (χ0n) is 11.7. The van der Waals surface area contributed by atoms with Crippen LogP contribution >= 0.6 is 0 Å². The maximum atomic E-state index is 11.1. The Bertz CT molecular complexity index is 427. The summed E-state index contributed by atoms with van der Waals surface area (Å²) >= 11 is 0. The number of carboxylic acids is 3. The number of rotatable bonds is 10. The number of carboxylic acid groups (broad SMARTS) is 3. The van der Waals surface area contributed by atoms with Gasteiger partial charge in [-0.1, -0.05) is 0 Å². The Morgan fingerprint density at radius 1 is 0.826 bits per heavy atom. The van der Waals surface area contributed by atoms with Gasteiger partial charge in [-0.3, -0.25) is 19.2 Å². The first-order valence-electron chi connectivity index (χ1n) is 6.04. The molecule has 0 aliphatic heterocycles. The minimum atomic E-state index is -1.88. The van der Waals surface area contributed by atoms with Crippen LogP contribution in [0.1, 0.15) is 32.1 Å². The third kappa shape index (κ3) is 10.4. The molecule has 0 aromatic carbocycles. The van der Waals surface area contributed by atoms with Gasteiger partial charge in [0.25, 0.3) is 0 Å². The van der Waals surface area contributed by atoms with Crippen LogP contribution in [0.5, 0.6) is 0 Å². The average Bonchev–Trinajstić information content (AvgIpc) is 2.23. The van der Waals surface area contributed by atoms with Crippen molar-refractivity contribution in [3.8, 4) is 0 Å². The zero-order chi connectivity index (χ0) is 17.6. The van der Waals surface area contributed by atoms with Gasteiger partial charge < -0.3 is 31.6 Å². The first-order chi connectivity index (χ1) is 9.91. The first kappa shape index (κ1) is 24.3. The molecule has 130 valence electrons. The third-order valence-electron chi connectivity index (χ3n) is 2.89. The number of nitrogens with two attached hydrogens (primary N) is 3. The van der Waals surface area contributed by atoms with Crippen LogP contribution in [-0.2, 0) is 24.0 Å². The molecule has 23 heavy (non-hydrogen) atoms. The van der Waals surface area contributed by atoms with Crippen LogP contribution in [0.4, 0.5) is 0 Å². The fourth-order valence-corrected chi connectivity index (χ4v) is 2.41. The Labute approximate surface area is 161 Å². The van der Waals surface area contributed by atoms with Crippen LogP contribution < -0.4 is 17.4 Å². The van der Waals surface area contributed by atoms with E-state index >= 15 is 0 Å². The molecule has 0 bridgehead atoms. The van der Waals surface area contributed by atoms with E-state index < -0.39 is 67.1 Å². The molecule has 0 fully saturated rings. The van der Waals surface area contributed by atoms with Gasteiger partial charge in [0.2, 0.25) is 0 Å². The number of hydrogen-bond acceptors (Lipinski definition) is 8. The molecule has 0 amide bonds. The molecule has 0 rings (SSSR count). The molecule has 0 aromatic heterocycles. The standard InChI is InChI=1S/C11H19N3O8.Ca.2H/c12-11(13,4-9(21)22-14)5-10(1-6(15)16,2-7(17)18)3-8(19)20;;;/h1-5,12-14H2,(H,15,16)(H,17,18)(H,19,20);;;. The maximum absolute atomic E-state index is 11.1. The fourth-order valence-electron chi connectivity index (χ4n) is 2.41. The number of aliphatic carboxylic acids is 3. The van der Waals surface area contributed by atoms with Gasteiger partial charge in [0.05, 0.1) is 31.3 Å². The van der Waals surface area contributed by atoms with Crippen LogP contribution in [0.3, 0.4) is 0 Å². The van der Waals surface area contributed by atoms with Crippen LogP contribution in [-0.4, -0.2) is 82.6 Å². The van der Waals surface area contributed by atoms with E-state index in [1.54, 1.807) is 0 Å². The summed E-state index contributed by atoms with van der Waals surface area (Å²) in [6.07, 6.45) is -3.55. The van der Waals surface area contributed by atoms with Crippen molar-refractivity contribution >= 4 is 61.6 Å². The Kier molecular flexibility index (Phi) is 10.6. The summed E-state index contributed by atoms with van der Waals surface area (Å²) in [5.74, 6) is -0.609. The van der Waals surface area contributed by atoms with E-state index in [0.717, 1.165) is 0 Å². The SMILES string of the molecule is NOC(=O)CC(N)(N)CC(CC(=O)O)(CC(=O)O)CC(=O)O.[CaH2]. The molecule has 0 aromatic rings. The van der Waals surface area contributed by atoms with Crippen molar-refractivity contribution in [3.05, 3.63) is 0 Å². The van der Waals surface area contributed by atoms with Gasteiger partial charge >= 0.3 is 61.6 Å². The normalized spacial score (nSPS) is 11.3. The second kappa shape index (κ2) is 10.0. The predicted molar refractivity (Wildman–Crippen MR) is 78.4 cm³/mol. The third-order valence-corrected chi connectivity index (χ3v) is 2.89. The molecule has 12 heteroatoms. The van der Waals surface area contributed by atoms with Crippen LogP contribution in [0.25, 0.3) is 0 Å². The molecule has 0 radical (unpaired) electrons. The Morgan fingerprint density at radius 3 is 1.43 bits per heavy atom. The Balaban J connectivity index is 0. The van der Waals surface area contributed by atoms with E-state index in [4.69, 9.17) is 26.8 Å². The summed E-state index contributed by atoms with van der Waals surface area (Å²) in [6, 6.07) is 0. The molecule has 0 atom stereocenters. The van der Waals surface area contributed by atoms with Crippen molar-refractivity contribution in [1.29, 1.82) is 0 Å². The molecule has 0 heterocycles. The number of hydrogen-bond donors (Lipinski definition) is 6. The quantitative estimate of drug-likeness (QED) is 0.133. The molecule has 0 spiro atoms.